The maximum Gasteiger partial charge on any atom is 0.322 e. The zero-order valence-corrected chi connectivity index (χ0v) is 20.9. The number of anilines is 1. The number of aryl methyl sites for hydroxylation is 2. The van der Waals surface area contributed by atoms with Crippen molar-refractivity contribution in [2.75, 3.05) is 17.2 Å². The van der Waals surface area contributed by atoms with E-state index in [0.29, 0.717) is 13.1 Å². The number of pyridine rings is 1. The molecular formula is C27H31N5OS. The summed E-state index contributed by atoms with van der Waals surface area (Å²) >= 11 is 1.82. The molecule has 0 saturated heterocycles. The molecule has 0 radical (unpaired) electrons. The van der Waals surface area contributed by atoms with Crippen molar-refractivity contribution in [2.45, 2.75) is 63.3 Å². The van der Waals surface area contributed by atoms with Gasteiger partial charge >= 0.3 is 6.03 Å². The Labute approximate surface area is 205 Å². The lowest BCUT2D eigenvalue weighted by Crippen LogP contribution is -2.41. The van der Waals surface area contributed by atoms with Crippen LogP contribution in [-0.4, -0.2) is 33.3 Å². The predicted molar refractivity (Wildman–Crippen MR) is 137 cm³/mol. The zero-order valence-electron chi connectivity index (χ0n) is 20.1. The van der Waals surface area contributed by atoms with Gasteiger partial charge in [-0.05, 0) is 62.3 Å². The van der Waals surface area contributed by atoms with Gasteiger partial charge in [0.2, 0.25) is 0 Å². The lowest BCUT2D eigenvalue weighted by atomic mass is 9.84. The third-order valence-electron chi connectivity index (χ3n) is 6.92. The smallest absolute Gasteiger partial charge is 0.322 e. The second kappa shape index (κ2) is 9.37. The molecule has 3 aromatic rings. The lowest BCUT2D eigenvalue weighted by molar-refractivity contribution is 0.245. The van der Waals surface area contributed by atoms with E-state index in [2.05, 4.69) is 46.5 Å². The largest absolute Gasteiger partial charge is 0.334 e. The van der Waals surface area contributed by atoms with Gasteiger partial charge in [-0.3, -0.25) is 14.9 Å². The predicted octanol–water partition coefficient (Wildman–Crippen LogP) is 5.81. The molecule has 176 valence electrons. The molecule has 0 unspecified atom stereocenters. The van der Waals surface area contributed by atoms with E-state index in [9.17, 15) is 4.79 Å². The van der Waals surface area contributed by atoms with Crippen LogP contribution in [0.5, 0.6) is 0 Å². The van der Waals surface area contributed by atoms with E-state index >= 15 is 0 Å². The standard InChI is InChI=1S/C27H31N5OS/c1-4-34-21-9-7-20(8-10-21)16-29-26(33)32-17-27(13-5-6-14-27)25-23(32)12-11-22(31-25)24-19(3)30-18(2)15-28-24/h7-12,15H,4-6,13-14,16-17H2,1-3H3,(H,29,33). The molecule has 1 fully saturated rings. The van der Waals surface area contributed by atoms with E-state index in [-0.39, 0.29) is 11.4 Å². The fraction of sp³-hybridized carbons (Fsp3) is 0.407. The Bertz CT molecular complexity index is 1200. The number of hydrogen-bond acceptors (Lipinski definition) is 5. The monoisotopic (exact) mass is 473 g/mol. The number of nitrogens with one attached hydrogen (secondary N) is 1. The van der Waals surface area contributed by atoms with E-state index in [1.165, 1.54) is 17.7 Å². The summed E-state index contributed by atoms with van der Waals surface area (Å²) in [6, 6.07) is 12.4. The number of hydrogen-bond donors (Lipinski definition) is 1. The first kappa shape index (κ1) is 22.8. The maximum atomic E-state index is 13.3. The molecule has 6 nitrogen and oxygen atoms in total. The molecule has 2 aliphatic rings. The Morgan fingerprint density at radius 3 is 2.56 bits per heavy atom. The Kier molecular flexibility index (Phi) is 6.30. The molecule has 0 bridgehead atoms. The fourth-order valence-corrected chi connectivity index (χ4v) is 5.94. The van der Waals surface area contributed by atoms with Crippen LogP contribution in [0.25, 0.3) is 11.4 Å². The molecule has 5 rings (SSSR count). The first-order chi connectivity index (χ1) is 16.5. The quantitative estimate of drug-likeness (QED) is 0.474. The van der Waals surface area contributed by atoms with E-state index in [0.717, 1.165) is 58.3 Å². The SMILES string of the molecule is CCSc1ccc(CNC(=O)N2CC3(CCCC3)c3nc(-c4ncc(C)nc4C)ccc32)cc1. The van der Waals surface area contributed by atoms with E-state index in [1.54, 1.807) is 6.20 Å². The number of aromatic nitrogens is 3. The highest BCUT2D eigenvalue weighted by atomic mass is 32.2. The summed E-state index contributed by atoms with van der Waals surface area (Å²) in [7, 11) is 0. The average molecular weight is 474 g/mol. The molecule has 7 heteroatoms. The van der Waals surface area contributed by atoms with Crippen molar-refractivity contribution in [1.82, 2.24) is 20.3 Å². The molecule has 1 N–H and O–H groups in total. The maximum absolute atomic E-state index is 13.3. The number of rotatable bonds is 5. The third kappa shape index (κ3) is 4.29. The number of carbonyl (C=O) groups is 1. The summed E-state index contributed by atoms with van der Waals surface area (Å²) in [5, 5.41) is 3.13. The Hall–Kier alpha value is -2.93. The highest BCUT2D eigenvalue weighted by molar-refractivity contribution is 7.99. The minimum absolute atomic E-state index is 0.0575. The van der Waals surface area contributed by atoms with Crippen molar-refractivity contribution in [3.8, 4) is 11.4 Å². The Balaban J connectivity index is 1.39. The number of amides is 2. The number of benzene rings is 1. The second-order valence-electron chi connectivity index (χ2n) is 9.32. The summed E-state index contributed by atoms with van der Waals surface area (Å²) in [5.41, 5.74) is 6.44. The zero-order chi connectivity index (χ0) is 23.7. The first-order valence-electron chi connectivity index (χ1n) is 12.1. The van der Waals surface area contributed by atoms with Crippen molar-refractivity contribution >= 4 is 23.5 Å². The number of urea groups is 1. The molecule has 1 aromatic carbocycles. The topological polar surface area (TPSA) is 71.0 Å². The minimum Gasteiger partial charge on any atom is -0.334 e. The molecule has 0 atom stereocenters. The van der Waals surface area contributed by atoms with Gasteiger partial charge in [-0.1, -0.05) is 31.9 Å². The number of thioether (sulfide) groups is 1. The second-order valence-corrected chi connectivity index (χ2v) is 10.7. The molecule has 34 heavy (non-hydrogen) atoms. The fourth-order valence-electron chi connectivity index (χ4n) is 5.27. The van der Waals surface area contributed by atoms with Crippen LogP contribution in [0.3, 0.4) is 0 Å². The van der Waals surface area contributed by atoms with Crippen LogP contribution in [0.2, 0.25) is 0 Å². The highest BCUT2D eigenvalue weighted by Crippen LogP contribution is 2.50. The van der Waals surface area contributed by atoms with Crippen LogP contribution in [-0.2, 0) is 12.0 Å². The summed E-state index contributed by atoms with van der Waals surface area (Å²) in [6.07, 6.45) is 6.26. The number of fused-ring (bicyclic) bond motifs is 2. The molecule has 1 aliphatic heterocycles. The summed E-state index contributed by atoms with van der Waals surface area (Å²) in [5.74, 6) is 1.05. The van der Waals surface area contributed by atoms with Crippen LogP contribution < -0.4 is 10.2 Å². The van der Waals surface area contributed by atoms with Gasteiger partial charge in [-0.25, -0.2) is 9.78 Å². The normalized spacial score (nSPS) is 16.1. The molecule has 1 spiro atoms. The van der Waals surface area contributed by atoms with E-state index < -0.39 is 0 Å². The van der Waals surface area contributed by atoms with Crippen molar-refractivity contribution in [3.63, 3.8) is 0 Å². The summed E-state index contributed by atoms with van der Waals surface area (Å²) < 4.78 is 0. The Morgan fingerprint density at radius 2 is 1.85 bits per heavy atom. The Morgan fingerprint density at radius 1 is 1.09 bits per heavy atom. The highest BCUT2D eigenvalue weighted by Gasteiger charge is 2.47. The van der Waals surface area contributed by atoms with Gasteiger partial charge in [-0.2, -0.15) is 0 Å². The average Bonchev–Trinajstić information content (AvgIpc) is 3.44. The van der Waals surface area contributed by atoms with E-state index in [1.807, 2.05) is 42.6 Å². The van der Waals surface area contributed by atoms with Gasteiger partial charge in [0, 0.05) is 29.6 Å². The summed E-state index contributed by atoms with van der Waals surface area (Å²) in [6.45, 7) is 7.27. The first-order valence-corrected chi connectivity index (χ1v) is 13.1. The molecule has 2 aromatic heterocycles. The molecule has 3 heterocycles. The molecule has 1 saturated carbocycles. The third-order valence-corrected chi connectivity index (χ3v) is 7.82. The molecule has 2 amide bonds. The van der Waals surface area contributed by atoms with Gasteiger partial charge in [0.25, 0.3) is 0 Å². The van der Waals surface area contributed by atoms with Gasteiger partial charge in [0.15, 0.2) is 0 Å². The van der Waals surface area contributed by atoms with Crippen molar-refractivity contribution in [1.29, 1.82) is 0 Å². The molecule has 1 aliphatic carbocycles. The van der Waals surface area contributed by atoms with Crippen molar-refractivity contribution in [3.05, 3.63) is 65.2 Å². The van der Waals surface area contributed by atoms with Crippen LogP contribution in [0.1, 0.15) is 55.3 Å². The lowest BCUT2D eigenvalue weighted by Gasteiger charge is -2.24. The van der Waals surface area contributed by atoms with Gasteiger partial charge in [-0.15, -0.1) is 11.8 Å². The van der Waals surface area contributed by atoms with Gasteiger partial charge < -0.3 is 5.32 Å². The summed E-state index contributed by atoms with van der Waals surface area (Å²) in [4.78, 5) is 30.7. The molecular weight excluding hydrogens is 442 g/mol. The van der Waals surface area contributed by atoms with Gasteiger partial charge in [0.1, 0.15) is 5.69 Å². The number of nitrogens with zero attached hydrogens (tertiary/aromatic N) is 4. The van der Waals surface area contributed by atoms with Crippen LogP contribution in [0.15, 0.2) is 47.5 Å². The van der Waals surface area contributed by atoms with Gasteiger partial charge in [0.05, 0.1) is 28.5 Å². The van der Waals surface area contributed by atoms with Crippen molar-refractivity contribution in [2.24, 2.45) is 0 Å². The van der Waals surface area contributed by atoms with E-state index in [4.69, 9.17) is 4.98 Å². The minimum atomic E-state index is -0.0618. The van der Waals surface area contributed by atoms with Crippen LogP contribution in [0.4, 0.5) is 10.5 Å². The number of carbonyl (C=O) groups excluding carboxylic acids is 1. The van der Waals surface area contributed by atoms with Crippen LogP contribution in [0, 0.1) is 13.8 Å². The van der Waals surface area contributed by atoms with Crippen molar-refractivity contribution < 1.29 is 4.79 Å². The van der Waals surface area contributed by atoms with Crippen LogP contribution >= 0.6 is 11.8 Å².